The quantitative estimate of drug-likeness (QED) is 0.489. The van der Waals surface area contributed by atoms with Gasteiger partial charge in [0, 0.05) is 6.42 Å². The molecule has 0 radical (unpaired) electrons. The summed E-state index contributed by atoms with van der Waals surface area (Å²) in [6, 6.07) is 0. The third-order valence-corrected chi connectivity index (χ3v) is 9.03. The zero-order valence-electron chi connectivity index (χ0n) is 16.8. The normalized spacial score (nSPS) is 47.4. The second kappa shape index (κ2) is 7.71. The molecule has 3 aliphatic carbocycles. The molecule has 3 rings (SSSR count). The molecule has 0 bridgehead atoms. The van der Waals surface area contributed by atoms with Crippen LogP contribution < -0.4 is 0 Å². The molecule has 144 valence electrons. The average Bonchev–Trinajstić information content (AvgIpc) is 2.93. The number of unbranched alkanes of at least 4 members (excludes halogenated alkanes) is 1. The zero-order chi connectivity index (χ0) is 18.1. The predicted molar refractivity (Wildman–Crippen MR) is 103 cm³/mol. The second-order valence-electron chi connectivity index (χ2n) is 9.97. The van der Waals surface area contributed by atoms with E-state index < -0.39 is 0 Å². The Bertz CT molecular complexity index is 461. The number of hydrogen-bond donors (Lipinski definition) is 1. The number of fused-ring (bicyclic) bond motifs is 1. The maximum Gasteiger partial charge on any atom is 0.119 e. The van der Waals surface area contributed by atoms with Gasteiger partial charge in [-0.2, -0.15) is 0 Å². The van der Waals surface area contributed by atoms with Crippen LogP contribution in [0, 0.1) is 34.5 Å². The van der Waals surface area contributed by atoms with Gasteiger partial charge in [-0.05, 0) is 85.9 Å². The fourth-order valence-electron chi connectivity index (χ4n) is 7.48. The molecular weight excluding hydrogens is 308 g/mol. The average molecular weight is 349 g/mol. The molecule has 3 aliphatic rings. The molecule has 0 aromatic heterocycles. The third kappa shape index (κ3) is 3.33. The fourth-order valence-corrected chi connectivity index (χ4v) is 7.48. The summed E-state index contributed by atoms with van der Waals surface area (Å²) in [4.78, 5) is 10.7. The van der Waals surface area contributed by atoms with Gasteiger partial charge in [0.1, 0.15) is 6.29 Å². The standard InChI is InChI=1S/C23H40O2/c1-4-18-19-12-11-17(9-6-8-16-24)22(19,2)15-13-20(18)23(3)14-7-5-10-21(23)25/h16-21,25H,4-15H2,1-3H3. The molecule has 7 atom stereocenters. The van der Waals surface area contributed by atoms with E-state index in [-0.39, 0.29) is 11.5 Å². The van der Waals surface area contributed by atoms with Gasteiger partial charge in [-0.15, -0.1) is 0 Å². The van der Waals surface area contributed by atoms with E-state index >= 15 is 0 Å². The highest BCUT2D eigenvalue weighted by Crippen LogP contribution is 2.64. The van der Waals surface area contributed by atoms with E-state index in [4.69, 9.17) is 0 Å². The van der Waals surface area contributed by atoms with Gasteiger partial charge in [-0.25, -0.2) is 0 Å². The summed E-state index contributed by atoms with van der Waals surface area (Å²) in [5.74, 6) is 3.15. The van der Waals surface area contributed by atoms with Crippen LogP contribution in [-0.2, 0) is 4.79 Å². The minimum absolute atomic E-state index is 0.0885. The van der Waals surface area contributed by atoms with E-state index in [9.17, 15) is 9.90 Å². The van der Waals surface area contributed by atoms with E-state index in [1.54, 1.807) is 0 Å². The third-order valence-electron chi connectivity index (χ3n) is 9.03. The van der Waals surface area contributed by atoms with Crippen molar-refractivity contribution in [3.63, 3.8) is 0 Å². The number of aliphatic hydroxyl groups excluding tert-OH is 1. The Balaban J connectivity index is 1.77. The Morgan fingerprint density at radius 3 is 2.44 bits per heavy atom. The highest BCUT2D eigenvalue weighted by atomic mass is 16.3. The molecule has 7 unspecified atom stereocenters. The van der Waals surface area contributed by atoms with Crippen LogP contribution in [0.4, 0.5) is 0 Å². The summed E-state index contributed by atoms with van der Waals surface area (Å²) in [6.07, 6.45) is 15.5. The number of carbonyl (C=O) groups is 1. The lowest BCUT2D eigenvalue weighted by atomic mass is 9.50. The van der Waals surface area contributed by atoms with Crippen molar-refractivity contribution >= 4 is 6.29 Å². The van der Waals surface area contributed by atoms with Crippen LogP contribution in [0.1, 0.15) is 97.8 Å². The van der Waals surface area contributed by atoms with E-state index in [1.807, 2.05) is 0 Å². The number of hydrogen-bond acceptors (Lipinski definition) is 2. The van der Waals surface area contributed by atoms with Crippen LogP contribution >= 0.6 is 0 Å². The minimum atomic E-state index is -0.0885. The van der Waals surface area contributed by atoms with Gasteiger partial charge in [-0.3, -0.25) is 0 Å². The Kier molecular flexibility index (Phi) is 5.98. The lowest BCUT2D eigenvalue weighted by Crippen LogP contribution is -2.51. The fraction of sp³-hybridized carbons (Fsp3) is 0.957. The van der Waals surface area contributed by atoms with Gasteiger partial charge < -0.3 is 9.90 Å². The smallest absolute Gasteiger partial charge is 0.119 e. The summed E-state index contributed by atoms with van der Waals surface area (Å²) in [5.41, 5.74) is 0.631. The number of carbonyl (C=O) groups excluding carboxylic acids is 1. The van der Waals surface area contributed by atoms with Crippen LogP contribution in [0.5, 0.6) is 0 Å². The summed E-state index contributed by atoms with van der Waals surface area (Å²) >= 11 is 0. The molecule has 3 saturated carbocycles. The van der Waals surface area contributed by atoms with E-state index in [0.29, 0.717) is 11.3 Å². The van der Waals surface area contributed by atoms with Crippen molar-refractivity contribution in [2.75, 3.05) is 0 Å². The van der Waals surface area contributed by atoms with Gasteiger partial charge in [-0.1, -0.05) is 40.0 Å². The van der Waals surface area contributed by atoms with Gasteiger partial charge in [0.05, 0.1) is 6.10 Å². The highest BCUT2D eigenvalue weighted by Gasteiger charge is 2.57. The van der Waals surface area contributed by atoms with Gasteiger partial charge >= 0.3 is 0 Å². The number of aldehydes is 1. The summed E-state index contributed by atoms with van der Waals surface area (Å²) < 4.78 is 0. The van der Waals surface area contributed by atoms with Crippen molar-refractivity contribution in [2.24, 2.45) is 34.5 Å². The molecule has 0 aliphatic heterocycles. The maximum atomic E-state index is 10.9. The molecule has 2 heteroatoms. The Hall–Kier alpha value is -0.370. The molecule has 3 fully saturated rings. The van der Waals surface area contributed by atoms with Crippen molar-refractivity contribution in [3.8, 4) is 0 Å². The monoisotopic (exact) mass is 348 g/mol. The van der Waals surface area contributed by atoms with Gasteiger partial charge in [0.15, 0.2) is 0 Å². The first-order valence-electron chi connectivity index (χ1n) is 11.1. The van der Waals surface area contributed by atoms with Crippen molar-refractivity contribution in [1.82, 2.24) is 0 Å². The largest absolute Gasteiger partial charge is 0.393 e. The predicted octanol–water partition coefficient (Wildman–Crippen LogP) is 5.77. The first kappa shape index (κ1) is 19.4. The van der Waals surface area contributed by atoms with E-state index in [2.05, 4.69) is 20.8 Å². The van der Waals surface area contributed by atoms with Crippen molar-refractivity contribution in [2.45, 2.75) is 104 Å². The van der Waals surface area contributed by atoms with Gasteiger partial charge in [0.2, 0.25) is 0 Å². The van der Waals surface area contributed by atoms with E-state index in [1.165, 1.54) is 57.8 Å². The van der Waals surface area contributed by atoms with Crippen LogP contribution in [0.3, 0.4) is 0 Å². The second-order valence-corrected chi connectivity index (χ2v) is 9.97. The SMILES string of the molecule is CCC1C(C2(C)CCCCC2O)CCC2(C)C(CCCC=O)CCC12. The number of rotatable bonds is 6. The minimum Gasteiger partial charge on any atom is -0.393 e. The summed E-state index contributed by atoms with van der Waals surface area (Å²) in [6.45, 7) is 7.36. The molecule has 0 amide bonds. The topological polar surface area (TPSA) is 37.3 Å². The van der Waals surface area contributed by atoms with Crippen molar-refractivity contribution in [3.05, 3.63) is 0 Å². The van der Waals surface area contributed by atoms with E-state index in [0.717, 1.165) is 43.3 Å². The molecular formula is C23H40O2. The first-order chi connectivity index (χ1) is 12.0. The van der Waals surface area contributed by atoms with Crippen LogP contribution in [0.2, 0.25) is 0 Å². The van der Waals surface area contributed by atoms with Gasteiger partial charge in [0.25, 0.3) is 0 Å². The highest BCUT2D eigenvalue weighted by molar-refractivity contribution is 5.48. The van der Waals surface area contributed by atoms with Crippen LogP contribution in [0.15, 0.2) is 0 Å². The summed E-state index contributed by atoms with van der Waals surface area (Å²) in [5, 5.41) is 10.9. The molecule has 0 aromatic carbocycles. The van der Waals surface area contributed by atoms with Crippen LogP contribution in [-0.4, -0.2) is 17.5 Å². The number of aliphatic hydroxyl groups is 1. The molecule has 0 aromatic rings. The molecule has 25 heavy (non-hydrogen) atoms. The Morgan fingerprint density at radius 2 is 1.76 bits per heavy atom. The molecule has 0 spiro atoms. The zero-order valence-corrected chi connectivity index (χ0v) is 16.8. The lowest BCUT2D eigenvalue weighted by Gasteiger charge is -2.56. The summed E-state index contributed by atoms with van der Waals surface area (Å²) in [7, 11) is 0. The van der Waals surface area contributed by atoms with Crippen LogP contribution in [0.25, 0.3) is 0 Å². The van der Waals surface area contributed by atoms with Crippen molar-refractivity contribution in [1.29, 1.82) is 0 Å². The molecule has 2 nitrogen and oxygen atoms in total. The molecule has 0 heterocycles. The molecule has 0 saturated heterocycles. The van der Waals surface area contributed by atoms with Crippen molar-refractivity contribution < 1.29 is 9.90 Å². The molecule has 1 N–H and O–H groups in total. The maximum absolute atomic E-state index is 10.9. The first-order valence-corrected chi connectivity index (χ1v) is 11.1. The Morgan fingerprint density at radius 1 is 1.00 bits per heavy atom. The Labute approximate surface area is 155 Å². The lowest BCUT2D eigenvalue weighted by molar-refractivity contribution is -0.109.